The molecular weight excluding hydrogens is 349 g/mol. The van der Waals surface area contributed by atoms with Gasteiger partial charge in [-0.3, -0.25) is 0 Å². The number of rotatable bonds is 6. The third kappa shape index (κ3) is 3.64. The van der Waals surface area contributed by atoms with E-state index in [2.05, 4.69) is 48.4 Å². The fourth-order valence-electron chi connectivity index (χ4n) is 4.11. The minimum atomic E-state index is -0.204. The van der Waals surface area contributed by atoms with E-state index < -0.39 is 0 Å². The maximum absolute atomic E-state index is 13.4. The maximum Gasteiger partial charge on any atom is 0.223 e. The van der Waals surface area contributed by atoms with E-state index >= 15 is 0 Å². The van der Waals surface area contributed by atoms with Crippen LogP contribution in [0.4, 0.5) is 10.3 Å². The van der Waals surface area contributed by atoms with Crippen molar-refractivity contribution in [3.05, 3.63) is 77.2 Å². The zero-order chi connectivity index (χ0) is 19.5. The van der Waals surface area contributed by atoms with Crippen molar-refractivity contribution in [2.45, 2.75) is 51.5 Å². The van der Waals surface area contributed by atoms with Gasteiger partial charge in [-0.2, -0.15) is 0 Å². The number of aromatic nitrogens is 2. The highest BCUT2D eigenvalue weighted by atomic mass is 19.1. The lowest BCUT2D eigenvalue weighted by Crippen LogP contribution is -2.21. The molecule has 0 amide bonds. The van der Waals surface area contributed by atoms with Gasteiger partial charge >= 0.3 is 0 Å². The lowest BCUT2D eigenvalue weighted by Gasteiger charge is -2.28. The van der Waals surface area contributed by atoms with Gasteiger partial charge in [-0.05, 0) is 48.1 Å². The Morgan fingerprint density at radius 1 is 1.11 bits per heavy atom. The molecule has 1 N–H and O–H groups in total. The van der Waals surface area contributed by atoms with E-state index in [1.165, 1.54) is 17.7 Å². The Balaban J connectivity index is 1.71. The van der Waals surface area contributed by atoms with Gasteiger partial charge in [-0.1, -0.05) is 56.7 Å². The molecule has 1 aromatic heterocycles. The molecule has 0 radical (unpaired) electrons. The first-order valence-corrected chi connectivity index (χ1v) is 10.2. The summed E-state index contributed by atoms with van der Waals surface area (Å²) in [4.78, 5) is 9.48. The number of hydrogen-bond acceptors (Lipinski definition) is 3. The highest BCUT2D eigenvalue weighted by molar-refractivity contribution is 5.72. The quantitative estimate of drug-likeness (QED) is 0.577. The summed E-state index contributed by atoms with van der Waals surface area (Å²) in [7, 11) is 0. The minimum Gasteiger partial charge on any atom is -0.351 e. The second-order valence-corrected chi connectivity index (χ2v) is 7.50. The van der Waals surface area contributed by atoms with Crippen molar-refractivity contribution >= 4 is 5.95 Å². The molecular formula is C24H26FN3. The van der Waals surface area contributed by atoms with Crippen LogP contribution < -0.4 is 5.32 Å². The van der Waals surface area contributed by atoms with Crippen molar-refractivity contribution in [1.82, 2.24) is 9.97 Å². The van der Waals surface area contributed by atoms with Crippen LogP contribution in [-0.4, -0.2) is 16.0 Å². The zero-order valence-corrected chi connectivity index (χ0v) is 16.5. The summed E-state index contributed by atoms with van der Waals surface area (Å²) >= 11 is 0. The van der Waals surface area contributed by atoms with Crippen LogP contribution in [0.5, 0.6) is 0 Å². The van der Waals surface area contributed by atoms with Crippen molar-refractivity contribution in [3.63, 3.8) is 0 Å². The Labute approximate surface area is 166 Å². The summed E-state index contributed by atoms with van der Waals surface area (Å²) in [5.74, 6) is 0.689. The number of nitrogens with zero attached hydrogens (tertiary/aromatic N) is 2. The number of nitrogens with one attached hydrogen (secondary N) is 1. The van der Waals surface area contributed by atoms with Crippen molar-refractivity contribution in [2.24, 2.45) is 0 Å². The summed E-state index contributed by atoms with van der Waals surface area (Å²) < 4.78 is 13.4. The van der Waals surface area contributed by atoms with Crippen molar-refractivity contribution in [1.29, 1.82) is 0 Å². The molecule has 28 heavy (non-hydrogen) atoms. The molecule has 1 aliphatic carbocycles. The van der Waals surface area contributed by atoms with Crippen molar-refractivity contribution in [3.8, 4) is 11.3 Å². The van der Waals surface area contributed by atoms with Crippen LogP contribution in [0.3, 0.4) is 0 Å². The molecule has 144 valence electrons. The van der Waals surface area contributed by atoms with Crippen LogP contribution in [0.1, 0.15) is 55.7 Å². The maximum atomic E-state index is 13.4. The number of anilines is 1. The second-order valence-electron chi connectivity index (χ2n) is 7.50. The van der Waals surface area contributed by atoms with Gasteiger partial charge in [0.15, 0.2) is 0 Å². The van der Waals surface area contributed by atoms with Crippen LogP contribution in [0.15, 0.2) is 54.7 Å². The Morgan fingerprint density at radius 3 is 2.64 bits per heavy atom. The summed E-state index contributed by atoms with van der Waals surface area (Å²) in [6.07, 6.45) is 6.08. The lowest BCUT2D eigenvalue weighted by molar-refractivity contribution is 0.617. The predicted octanol–water partition coefficient (Wildman–Crippen LogP) is 5.96. The molecule has 1 heterocycles. The topological polar surface area (TPSA) is 37.8 Å². The van der Waals surface area contributed by atoms with E-state index in [4.69, 9.17) is 4.98 Å². The molecule has 0 spiro atoms. The molecule has 4 rings (SSSR count). The highest BCUT2D eigenvalue weighted by Crippen LogP contribution is 2.41. The molecule has 0 aliphatic heterocycles. The Morgan fingerprint density at radius 2 is 1.89 bits per heavy atom. The third-order valence-electron chi connectivity index (χ3n) is 5.62. The van der Waals surface area contributed by atoms with E-state index in [9.17, 15) is 4.39 Å². The van der Waals surface area contributed by atoms with Crippen molar-refractivity contribution in [2.75, 3.05) is 5.32 Å². The first-order chi connectivity index (χ1) is 13.7. The smallest absolute Gasteiger partial charge is 0.223 e. The molecule has 0 bridgehead atoms. The van der Waals surface area contributed by atoms with Gasteiger partial charge < -0.3 is 5.32 Å². The Hall–Kier alpha value is -2.75. The van der Waals surface area contributed by atoms with Gasteiger partial charge in [0.25, 0.3) is 0 Å². The molecule has 3 aromatic rings. The van der Waals surface area contributed by atoms with Crippen molar-refractivity contribution < 1.29 is 4.39 Å². The molecule has 4 heteroatoms. The standard InChI is InChI=1S/C24H26FN3/c1-3-7-19(4-2)27-24-26-15-17-14-22(16-10-12-18(25)13-11-16)20-8-5-6-9-21(20)23(17)28-24/h5-6,8-13,15,19,22H,3-4,7,14H2,1-2H3,(H,26,27,28). The Kier molecular flexibility index (Phi) is 5.38. The van der Waals surface area contributed by atoms with E-state index in [0.29, 0.717) is 12.0 Å². The molecule has 0 saturated carbocycles. The summed E-state index contributed by atoms with van der Waals surface area (Å²) in [6.45, 7) is 4.39. The van der Waals surface area contributed by atoms with Gasteiger partial charge in [-0.15, -0.1) is 0 Å². The molecule has 2 unspecified atom stereocenters. The summed E-state index contributed by atoms with van der Waals surface area (Å²) in [5, 5.41) is 3.50. The van der Waals surface area contributed by atoms with E-state index in [-0.39, 0.29) is 11.7 Å². The lowest BCUT2D eigenvalue weighted by atomic mass is 9.78. The summed E-state index contributed by atoms with van der Waals surface area (Å²) in [5.41, 5.74) is 5.66. The van der Waals surface area contributed by atoms with Crippen LogP contribution in [0, 0.1) is 5.82 Å². The van der Waals surface area contributed by atoms with Crippen LogP contribution in [0.25, 0.3) is 11.3 Å². The van der Waals surface area contributed by atoms with Crippen LogP contribution in [0.2, 0.25) is 0 Å². The Bertz CT molecular complexity index is 952. The van der Waals surface area contributed by atoms with E-state index in [0.717, 1.165) is 48.1 Å². The highest BCUT2D eigenvalue weighted by Gasteiger charge is 2.27. The van der Waals surface area contributed by atoms with Crippen LogP contribution in [-0.2, 0) is 6.42 Å². The summed E-state index contributed by atoms with van der Waals surface area (Å²) in [6, 6.07) is 15.6. The number of fused-ring (bicyclic) bond motifs is 3. The minimum absolute atomic E-state index is 0.190. The van der Waals surface area contributed by atoms with Gasteiger partial charge in [0.2, 0.25) is 5.95 Å². The molecule has 3 nitrogen and oxygen atoms in total. The van der Waals surface area contributed by atoms with Crippen LogP contribution >= 0.6 is 0 Å². The average molecular weight is 375 g/mol. The molecule has 0 saturated heterocycles. The average Bonchev–Trinajstić information content (AvgIpc) is 2.73. The fraction of sp³-hybridized carbons (Fsp3) is 0.333. The zero-order valence-electron chi connectivity index (χ0n) is 16.5. The largest absolute Gasteiger partial charge is 0.351 e. The SMILES string of the molecule is CCCC(CC)Nc1ncc2c(n1)-c1ccccc1C(c1ccc(F)cc1)C2. The molecule has 0 fully saturated rings. The first-order valence-electron chi connectivity index (χ1n) is 10.2. The van der Waals surface area contributed by atoms with E-state index in [1.54, 1.807) is 0 Å². The predicted molar refractivity (Wildman–Crippen MR) is 112 cm³/mol. The van der Waals surface area contributed by atoms with Gasteiger partial charge in [0.05, 0.1) is 5.69 Å². The third-order valence-corrected chi connectivity index (χ3v) is 5.62. The number of hydrogen-bond donors (Lipinski definition) is 1. The molecule has 2 atom stereocenters. The fourth-order valence-corrected chi connectivity index (χ4v) is 4.11. The number of benzene rings is 2. The van der Waals surface area contributed by atoms with Gasteiger partial charge in [0.1, 0.15) is 5.82 Å². The first kappa shape index (κ1) is 18.6. The van der Waals surface area contributed by atoms with Gasteiger partial charge in [-0.25, -0.2) is 14.4 Å². The van der Waals surface area contributed by atoms with Gasteiger partial charge in [0, 0.05) is 23.7 Å². The molecule has 1 aliphatic rings. The molecule has 2 aromatic carbocycles. The number of halogens is 1. The second kappa shape index (κ2) is 8.09. The monoisotopic (exact) mass is 375 g/mol. The normalized spacial score (nSPS) is 16.2. The van der Waals surface area contributed by atoms with E-state index in [1.807, 2.05) is 18.3 Å².